The van der Waals surface area contributed by atoms with E-state index >= 15 is 0 Å². The standard InChI is InChI=1S/C27H24ClN3O2S/c1-2-33-27(32)10-18-13-31(14-19-15-34-26-6-4-20(28)11-24(19)26)25-9-16(3-5-23(18)25)17-7-21(29)12-22(30)8-17/h3-9,11-13,15H,2,10,14,29-30H2,1H3. The highest BCUT2D eigenvalue weighted by molar-refractivity contribution is 7.17. The number of anilines is 2. The Morgan fingerprint density at radius 2 is 1.76 bits per heavy atom. The van der Waals surface area contributed by atoms with Gasteiger partial charge in [-0.3, -0.25) is 4.79 Å². The number of carbonyl (C=O) groups is 1. The van der Waals surface area contributed by atoms with Crippen LogP contribution in [-0.2, 0) is 22.5 Å². The Labute approximate surface area is 206 Å². The minimum atomic E-state index is -0.234. The summed E-state index contributed by atoms with van der Waals surface area (Å²) in [5, 5.41) is 5.05. The predicted octanol–water partition coefficient (Wildman–Crippen LogP) is 6.49. The van der Waals surface area contributed by atoms with Crippen molar-refractivity contribution in [3.63, 3.8) is 0 Å². The number of rotatable bonds is 6. The molecule has 0 unspecified atom stereocenters. The highest BCUT2D eigenvalue weighted by atomic mass is 35.5. The SMILES string of the molecule is CCOC(=O)Cc1cn(Cc2csc3ccc(Cl)cc23)c2cc(-c3cc(N)cc(N)c3)ccc12. The number of fused-ring (bicyclic) bond motifs is 2. The molecule has 4 N–H and O–H groups in total. The molecule has 0 atom stereocenters. The highest BCUT2D eigenvalue weighted by Gasteiger charge is 2.16. The number of benzene rings is 3. The lowest BCUT2D eigenvalue weighted by Gasteiger charge is -2.09. The largest absolute Gasteiger partial charge is 0.466 e. The maximum atomic E-state index is 12.3. The molecule has 0 bridgehead atoms. The van der Waals surface area contributed by atoms with Crippen LogP contribution in [0.2, 0.25) is 5.02 Å². The van der Waals surface area contributed by atoms with Gasteiger partial charge in [0, 0.05) is 44.7 Å². The van der Waals surface area contributed by atoms with E-state index in [9.17, 15) is 4.79 Å². The smallest absolute Gasteiger partial charge is 0.310 e. The number of hydrogen-bond donors (Lipinski definition) is 2. The first-order valence-electron chi connectivity index (χ1n) is 11.0. The predicted molar refractivity (Wildman–Crippen MR) is 142 cm³/mol. The first kappa shape index (κ1) is 22.3. The van der Waals surface area contributed by atoms with Gasteiger partial charge in [-0.25, -0.2) is 0 Å². The molecule has 0 aliphatic heterocycles. The molecule has 5 aromatic rings. The quantitative estimate of drug-likeness (QED) is 0.211. The molecule has 172 valence electrons. The van der Waals surface area contributed by atoms with E-state index in [1.54, 1.807) is 17.4 Å². The zero-order valence-electron chi connectivity index (χ0n) is 18.7. The summed E-state index contributed by atoms with van der Waals surface area (Å²) in [5.41, 5.74) is 18.4. The van der Waals surface area contributed by atoms with Crippen LogP contribution in [0.15, 0.2) is 66.2 Å². The van der Waals surface area contributed by atoms with Crippen LogP contribution in [0, 0.1) is 0 Å². The molecule has 5 nitrogen and oxygen atoms in total. The van der Waals surface area contributed by atoms with Crippen LogP contribution in [0.25, 0.3) is 32.1 Å². The van der Waals surface area contributed by atoms with Crippen LogP contribution in [0.1, 0.15) is 18.1 Å². The van der Waals surface area contributed by atoms with Crippen LogP contribution < -0.4 is 11.5 Å². The van der Waals surface area contributed by atoms with E-state index in [0.717, 1.165) is 33.0 Å². The van der Waals surface area contributed by atoms with Crippen LogP contribution in [0.5, 0.6) is 0 Å². The lowest BCUT2D eigenvalue weighted by molar-refractivity contribution is -0.142. The maximum absolute atomic E-state index is 12.3. The van der Waals surface area contributed by atoms with Gasteiger partial charge >= 0.3 is 5.97 Å². The molecule has 0 aliphatic carbocycles. The topological polar surface area (TPSA) is 83.3 Å². The van der Waals surface area contributed by atoms with Crippen LogP contribution in [0.3, 0.4) is 0 Å². The molecule has 0 saturated heterocycles. The lowest BCUT2D eigenvalue weighted by atomic mass is 10.0. The average Bonchev–Trinajstić information content (AvgIpc) is 3.34. The van der Waals surface area contributed by atoms with E-state index in [1.165, 1.54) is 10.3 Å². The Morgan fingerprint density at radius 1 is 0.971 bits per heavy atom. The molecule has 34 heavy (non-hydrogen) atoms. The molecule has 3 aromatic carbocycles. The molecular weight excluding hydrogens is 466 g/mol. The third-order valence-corrected chi connectivity index (χ3v) is 7.12. The molecule has 2 aromatic heterocycles. The van der Waals surface area contributed by atoms with Crippen molar-refractivity contribution in [1.29, 1.82) is 0 Å². The van der Waals surface area contributed by atoms with Gasteiger partial charge in [0.1, 0.15) is 0 Å². The fraction of sp³-hybridized carbons (Fsp3) is 0.148. The average molecular weight is 490 g/mol. The van der Waals surface area contributed by atoms with Crippen molar-refractivity contribution >= 4 is 61.3 Å². The van der Waals surface area contributed by atoms with Crippen molar-refractivity contribution in [3.8, 4) is 11.1 Å². The van der Waals surface area contributed by atoms with Crippen LogP contribution >= 0.6 is 22.9 Å². The number of esters is 1. The van der Waals surface area contributed by atoms with Crippen molar-refractivity contribution in [2.24, 2.45) is 0 Å². The molecule has 7 heteroatoms. The number of nitrogens with two attached hydrogens (primary N) is 2. The summed E-state index contributed by atoms with van der Waals surface area (Å²) in [7, 11) is 0. The van der Waals surface area contributed by atoms with Crippen molar-refractivity contribution in [1.82, 2.24) is 4.57 Å². The Bertz CT molecular complexity index is 1520. The fourth-order valence-corrected chi connectivity index (χ4v) is 5.50. The minimum Gasteiger partial charge on any atom is -0.466 e. The lowest BCUT2D eigenvalue weighted by Crippen LogP contribution is -2.07. The zero-order chi connectivity index (χ0) is 23.8. The van der Waals surface area contributed by atoms with Gasteiger partial charge in [-0.2, -0.15) is 0 Å². The Hall–Kier alpha value is -3.48. The third-order valence-electron chi connectivity index (χ3n) is 5.87. The second-order valence-electron chi connectivity index (χ2n) is 8.29. The summed E-state index contributed by atoms with van der Waals surface area (Å²) in [6.07, 6.45) is 2.27. The van der Waals surface area contributed by atoms with Gasteiger partial charge in [0.2, 0.25) is 0 Å². The summed E-state index contributed by atoms with van der Waals surface area (Å²) in [6, 6.07) is 17.8. The van der Waals surface area contributed by atoms with E-state index < -0.39 is 0 Å². The summed E-state index contributed by atoms with van der Waals surface area (Å²) in [4.78, 5) is 12.3. The monoisotopic (exact) mass is 489 g/mol. The number of thiophene rings is 1. The van der Waals surface area contributed by atoms with Gasteiger partial charge in [0.05, 0.1) is 13.0 Å². The van der Waals surface area contributed by atoms with Crippen LogP contribution in [-0.4, -0.2) is 17.1 Å². The summed E-state index contributed by atoms with van der Waals surface area (Å²) in [6.45, 7) is 2.83. The summed E-state index contributed by atoms with van der Waals surface area (Å²) < 4.78 is 8.59. The highest BCUT2D eigenvalue weighted by Crippen LogP contribution is 2.33. The molecule has 0 radical (unpaired) electrons. The maximum Gasteiger partial charge on any atom is 0.310 e. The van der Waals surface area contributed by atoms with E-state index in [0.29, 0.717) is 29.5 Å². The number of halogens is 1. The summed E-state index contributed by atoms with van der Waals surface area (Å²) >= 11 is 7.98. The Morgan fingerprint density at radius 3 is 2.53 bits per heavy atom. The minimum absolute atomic E-state index is 0.220. The normalized spacial score (nSPS) is 11.4. The summed E-state index contributed by atoms with van der Waals surface area (Å²) in [5.74, 6) is -0.234. The third kappa shape index (κ3) is 4.34. The molecule has 0 saturated carbocycles. The van der Waals surface area contributed by atoms with Gasteiger partial charge in [0.15, 0.2) is 0 Å². The van der Waals surface area contributed by atoms with Gasteiger partial charge in [-0.05, 0) is 82.4 Å². The second kappa shape index (κ2) is 9.05. The van der Waals surface area contributed by atoms with E-state index in [4.69, 9.17) is 27.8 Å². The molecule has 0 amide bonds. The Balaban J connectivity index is 1.63. The van der Waals surface area contributed by atoms with Gasteiger partial charge in [0.25, 0.3) is 0 Å². The molecule has 2 heterocycles. The molecule has 0 fully saturated rings. The number of aromatic nitrogens is 1. The zero-order valence-corrected chi connectivity index (χ0v) is 20.2. The number of nitrogens with zero attached hydrogens (tertiary/aromatic N) is 1. The first-order chi connectivity index (χ1) is 16.4. The molecule has 0 spiro atoms. The molecular formula is C27H24ClN3O2S. The number of carbonyl (C=O) groups excluding carboxylic acids is 1. The number of ether oxygens (including phenoxy) is 1. The first-order valence-corrected chi connectivity index (χ1v) is 12.3. The second-order valence-corrected chi connectivity index (χ2v) is 9.63. The van der Waals surface area contributed by atoms with Gasteiger partial charge in [-0.1, -0.05) is 23.7 Å². The van der Waals surface area contributed by atoms with Crippen molar-refractivity contribution in [2.45, 2.75) is 19.9 Å². The van der Waals surface area contributed by atoms with E-state index in [-0.39, 0.29) is 12.4 Å². The Kier molecular flexibility index (Phi) is 5.94. The number of nitrogen functional groups attached to an aromatic ring is 2. The van der Waals surface area contributed by atoms with E-state index in [1.807, 2.05) is 49.5 Å². The van der Waals surface area contributed by atoms with Gasteiger partial charge < -0.3 is 20.8 Å². The number of hydrogen-bond acceptors (Lipinski definition) is 5. The van der Waals surface area contributed by atoms with Crippen molar-refractivity contribution in [2.75, 3.05) is 18.1 Å². The van der Waals surface area contributed by atoms with E-state index in [2.05, 4.69) is 22.1 Å². The molecule has 5 rings (SSSR count). The molecule has 0 aliphatic rings. The van der Waals surface area contributed by atoms with Crippen molar-refractivity contribution < 1.29 is 9.53 Å². The fourth-order valence-electron chi connectivity index (χ4n) is 4.39. The van der Waals surface area contributed by atoms with Crippen molar-refractivity contribution in [3.05, 3.63) is 82.3 Å². The van der Waals surface area contributed by atoms with Crippen LogP contribution in [0.4, 0.5) is 11.4 Å². The van der Waals surface area contributed by atoms with Gasteiger partial charge in [-0.15, -0.1) is 11.3 Å².